The maximum Gasteiger partial charge on any atom is 0.161 e. The molecule has 104 valence electrons. The predicted octanol–water partition coefficient (Wildman–Crippen LogP) is 4.95. The molecule has 1 aliphatic rings. The van der Waals surface area contributed by atoms with Crippen molar-refractivity contribution in [3.63, 3.8) is 0 Å². The normalized spacial score (nSPS) is 13.3. The van der Waals surface area contributed by atoms with Crippen LogP contribution < -0.4 is 9.47 Å². The summed E-state index contributed by atoms with van der Waals surface area (Å²) in [5, 5.41) is 1.69. The summed E-state index contributed by atoms with van der Waals surface area (Å²) in [5.41, 5.74) is 4.97. The van der Waals surface area contributed by atoms with E-state index >= 15 is 0 Å². The molecule has 4 heteroatoms. The first-order chi connectivity index (χ1) is 9.81. The van der Waals surface area contributed by atoms with Crippen molar-refractivity contribution in [2.45, 2.75) is 23.9 Å². The third-order valence-electron chi connectivity index (χ3n) is 3.43. The van der Waals surface area contributed by atoms with Gasteiger partial charge < -0.3 is 9.47 Å². The molecule has 0 bridgehead atoms. The summed E-state index contributed by atoms with van der Waals surface area (Å²) >= 11 is 7.09. The van der Waals surface area contributed by atoms with Crippen molar-refractivity contribution in [2.24, 2.45) is 0 Å². The summed E-state index contributed by atoms with van der Waals surface area (Å²) in [5.74, 6) is 1.62. The van der Waals surface area contributed by atoms with Gasteiger partial charge in [0, 0.05) is 10.7 Å². The minimum absolute atomic E-state index is 0.582. The van der Waals surface area contributed by atoms with Gasteiger partial charge in [-0.2, -0.15) is 0 Å². The molecule has 0 amide bonds. The van der Waals surface area contributed by atoms with Crippen LogP contribution in [-0.2, 0) is 23.9 Å². The first-order valence-electron chi connectivity index (χ1n) is 6.42. The quantitative estimate of drug-likeness (QED) is 0.667. The van der Waals surface area contributed by atoms with Gasteiger partial charge in [-0.05, 0) is 34.4 Å². The molecule has 3 rings (SSSR count). The summed E-state index contributed by atoms with van der Waals surface area (Å²) in [6, 6.07) is 12.2. The highest BCUT2D eigenvalue weighted by Gasteiger charge is 2.15. The molecule has 0 aliphatic carbocycles. The Morgan fingerprint density at radius 1 is 0.800 bits per heavy atom. The zero-order valence-corrected chi connectivity index (χ0v) is 14.0. The van der Waals surface area contributed by atoms with Crippen LogP contribution in [-0.4, -0.2) is 0 Å². The number of para-hydroxylation sites is 2. The Balaban J connectivity index is 1.97. The molecule has 0 atom stereocenters. The second kappa shape index (κ2) is 6.19. The standard InChI is InChI=1S/C16H14Br2O2/c17-7-11-5-13-9-19-15-3-1-2-4-16(15)20-10-14(13)6-12(11)8-18/h1-6H,7-10H2. The van der Waals surface area contributed by atoms with Crippen molar-refractivity contribution in [2.75, 3.05) is 0 Å². The molecule has 2 aromatic carbocycles. The first kappa shape index (κ1) is 14.0. The topological polar surface area (TPSA) is 18.5 Å². The molecule has 1 heterocycles. The lowest BCUT2D eigenvalue weighted by molar-refractivity contribution is 0.237. The summed E-state index contributed by atoms with van der Waals surface area (Å²) in [6.45, 7) is 1.16. The minimum atomic E-state index is 0.582. The number of benzene rings is 2. The molecule has 0 spiro atoms. The van der Waals surface area contributed by atoms with E-state index in [1.165, 1.54) is 22.3 Å². The van der Waals surface area contributed by atoms with Crippen LogP contribution in [0.5, 0.6) is 11.5 Å². The average Bonchev–Trinajstić information content (AvgIpc) is 2.49. The molecule has 0 unspecified atom stereocenters. The largest absolute Gasteiger partial charge is 0.485 e. The molecule has 0 fully saturated rings. The Morgan fingerprint density at radius 3 is 1.65 bits per heavy atom. The Hall–Kier alpha value is -1.00. The lowest BCUT2D eigenvalue weighted by Gasteiger charge is -2.20. The highest BCUT2D eigenvalue weighted by molar-refractivity contribution is 9.09. The van der Waals surface area contributed by atoms with Gasteiger partial charge in [0.05, 0.1) is 0 Å². The zero-order valence-electron chi connectivity index (χ0n) is 10.9. The summed E-state index contributed by atoms with van der Waals surface area (Å²) < 4.78 is 11.8. The predicted molar refractivity (Wildman–Crippen MR) is 86.8 cm³/mol. The molecule has 0 saturated carbocycles. The molecule has 0 radical (unpaired) electrons. The van der Waals surface area contributed by atoms with Crippen molar-refractivity contribution in [3.05, 3.63) is 58.7 Å². The highest BCUT2D eigenvalue weighted by Crippen LogP contribution is 2.32. The fourth-order valence-corrected chi connectivity index (χ4v) is 3.35. The Bertz CT molecular complexity index is 572. The maximum atomic E-state index is 5.88. The summed E-state index contributed by atoms with van der Waals surface area (Å²) in [7, 11) is 0. The van der Waals surface area contributed by atoms with Crippen molar-refractivity contribution in [3.8, 4) is 11.5 Å². The van der Waals surface area contributed by atoms with E-state index < -0.39 is 0 Å². The van der Waals surface area contributed by atoms with Crippen molar-refractivity contribution in [1.82, 2.24) is 0 Å². The number of hydrogen-bond acceptors (Lipinski definition) is 2. The lowest BCUT2D eigenvalue weighted by atomic mass is 10.0. The summed E-state index contributed by atoms with van der Waals surface area (Å²) in [4.78, 5) is 0. The van der Waals surface area contributed by atoms with E-state index in [0.29, 0.717) is 13.2 Å². The van der Waals surface area contributed by atoms with Crippen molar-refractivity contribution < 1.29 is 9.47 Å². The summed E-state index contributed by atoms with van der Waals surface area (Å²) in [6.07, 6.45) is 0. The molecule has 1 aliphatic heterocycles. The smallest absolute Gasteiger partial charge is 0.161 e. The molecule has 20 heavy (non-hydrogen) atoms. The number of halogens is 2. The van der Waals surface area contributed by atoms with E-state index in [0.717, 1.165) is 22.2 Å². The van der Waals surface area contributed by atoms with Crippen LogP contribution in [0, 0.1) is 0 Å². The van der Waals surface area contributed by atoms with E-state index in [1.807, 2.05) is 24.3 Å². The lowest BCUT2D eigenvalue weighted by Crippen LogP contribution is -2.10. The molecular weight excluding hydrogens is 384 g/mol. The van der Waals surface area contributed by atoms with Crippen LogP contribution in [0.2, 0.25) is 0 Å². The van der Waals surface area contributed by atoms with Crippen LogP contribution in [0.4, 0.5) is 0 Å². The van der Waals surface area contributed by atoms with E-state index in [4.69, 9.17) is 9.47 Å². The van der Waals surface area contributed by atoms with Crippen molar-refractivity contribution >= 4 is 31.9 Å². The van der Waals surface area contributed by atoms with Gasteiger partial charge in [-0.1, -0.05) is 56.1 Å². The van der Waals surface area contributed by atoms with Crippen LogP contribution >= 0.6 is 31.9 Å². The molecule has 2 nitrogen and oxygen atoms in total. The average molecular weight is 398 g/mol. The monoisotopic (exact) mass is 396 g/mol. The highest BCUT2D eigenvalue weighted by atomic mass is 79.9. The zero-order chi connectivity index (χ0) is 13.9. The van der Waals surface area contributed by atoms with Gasteiger partial charge >= 0.3 is 0 Å². The third kappa shape index (κ3) is 2.72. The minimum Gasteiger partial charge on any atom is -0.485 e. The van der Waals surface area contributed by atoms with Gasteiger partial charge in [-0.3, -0.25) is 0 Å². The third-order valence-corrected chi connectivity index (χ3v) is 4.63. The van der Waals surface area contributed by atoms with Crippen LogP contribution in [0.15, 0.2) is 36.4 Å². The fourth-order valence-electron chi connectivity index (χ4n) is 2.31. The second-order valence-corrected chi connectivity index (χ2v) is 5.80. The molecular formula is C16H14Br2O2. The van der Waals surface area contributed by atoms with E-state index in [2.05, 4.69) is 44.0 Å². The van der Waals surface area contributed by atoms with Gasteiger partial charge in [-0.15, -0.1) is 0 Å². The van der Waals surface area contributed by atoms with E-state index in [1.54, 1.807) is 0 Å². The van der Waals surface area contributed by atoms with Gasteiger partial charge in [0.2, 0.25) is 0 Å². The first-order valence-corrected chi connectivity index (χ1v) is 8.66. The number of alkyl halides is 2. The Kier molecular flexibility index (Phi) is 4.32. The molecule has 0 N–H and O–H groups in total. The maximum absolute atomic E-state index is 5.88. The number of hydrogen-bond donors (Lipinski definition) is 0. The SMILES string of the molecule is BrCc1cc2c(cc1CBr)COc1ccccc1OC2. The van der Waals surface area contributed by atoms with Crippen LogP contribution in [0.25, 0.3) is 0 Å². The van der Waals surface area contributed by atoms with Crippen molar-refractivity contribution in [1.29, 1.82) is 0 Å². The molecule has 0 aromatic heterocycles. The number of ether oxygens (including phenoxy) is 2. The van der Waals surface area contributed by atoms with E-state index in [-0.39, 0.29) is 0 Å². The number of rotatable bonds is 2. The van der Waals surface area contributed by atoms with Gasteiger partial charge in [0.1, 0.15) is 13.2 Å². The van der Waals surface area contributed by atoms with Gasteiger partial charge in [0.15, 0.2) is 11.5 Å². The molecule has 2 aromatic rings. The fraction of sp³-hybridized carbons (Fsp3) is 0.250. The van der Waals surface area contributed by atoms with Crippen LogP contribution in [0.3, 0.4) is 0 Å². The number of fused-ring (bicyclic) bond motifs is 2. The van der Waals surface area contributed by atoms with Crippen LogP contribution in [0.1, 0.15) is 22.3 Å². The van der Waals surface area contributed by atoms with Gasteiger partial charge in [-0.25, -0.2) is 0 Å². The molecule has 0 saturated heterocycles. The van der Waals surface area contributed by atoms with E-state index in [9.17, 15) is 0 Å². The Labute approximate surface area is 135 Å². The van der Waals surface area contributed by atoms with Gasteiger partial charge in [0.25, 0.3) is 0 Å². The Morgan fingerprint density at radius 2 is 1.25 bits per heavy atom. The second-order valence-electron chi connectivity index (χ2n) is 4.68.